The molecule has 3 heterocycles. The van der Waals surface area contributed by atoms with Gasteiger partial charge in [-0.15, -0.1) is 11.3 Å². The first kappa shape index (κ1) is 17.0. The van der Waals surface area contributed by atoms with Crippen molar-refractivity contribution in [3.63, 3.8) is 0 Å². The summed E-state index contributed by atoms with van der Waals surface area (Å²) in [6, 6.07) is 2.07. The summed E-state index contributed by atoms with van der Waals surface area (Å²) in [7, 11) is 1.77. The molecule has 1 fully saturated rings. The number of likely N-dealkylation sites (tertiary alicyclic amines) is 1. The third kappa shape index (κ3) is 2.92. The zero-order valence-corrected chi connectivity index (χ0v) is 15.4. The fourth-order valence-corrected chi connectivity index (χ4v) is 3.94. The predicted molar refractivity (Wildman–Crippen MR) is 93.4 cm³/mol. The van der Waals surface area contributed by atoms with Crippen LogP contribution < -0.4 is 0 Å². The fourth-order valence-electron chi connectivity index (χ4n) is 3.05. The molecule has 6 nitrogen and oxygen atoms in total. The van der Waals surface area contributed by atoms with E-state index in [1.807, 2.05) is 37.1 Å². The molecule has 1 aromatic rings. The van der Waals surface area contributed by atoms with Gasteiger partial charge in [-0.1, -0.05) is 5.16 Å². The van der Waals surface area contributed by atoms with Crippen molar-refractivity contribution < 1.29 is 14.4 Å². The minimum Gasteiger partial charge on any atom is -0.386 e. The van der Waals surface area contributed by atoms with E-state index in [1.165, 1.54) is 11.3 Å². The van der Waals surface area contributed by atoms with Crippen LogP contribution in [0.3, 0.4) is 0 Å². The van der Waals surface area contributed by atoms with Crippen molar-refractivity contribution in [1.29, 1.82) is 0 Å². The van der Waals surface area contributed by atoms with Gasteiger partial charge >= 0.3 is 0 Å². The van der Waals surface area contributed by atoms with Crippen molar-refractivity contribution >= 4 is 28.9 Å². The van der Waals surface area contributed by atoms with Crippen LogP contribution in [0.25, 0.3) is 0 Å². The first-order chi connectivity index (χ1) is 11.3. The monoisotopic (exact) mass is 349 g/mol. The van der Waals surface area contributed by atoms with Crippen LogP contribution in [0.15, 0.2) is 16.6 Å². The van der Waals surface area contributed by atoms with Gasteiger partial charge in [0.15, 0.2) is 5.60 Å². The maximum atomic E-state index is 12.7. The van der Waals surface area contributed by atoms with Crippen molar-refractivity contribution in [3.8, 4) is 0 Å². The molecule has 2 aliphatic heterocycles. The Labute approximate surface area is 146 Å². The first-order valence-corrected chi connectivity index (χ1v) is 9.06. The molecule has 1 unspecified atom stereocenters. The van der Waals surface area contributed by atoms with Crippen LogP contribution in [0, 0.1) is 6.92 Å². The maximum Gasteiger partial charge on any atom is 0.271 e. The van der Waals surface area contributed by atoms with Crippen molar-refractivity contribution in [2.45, 2.75) is 45.3 Å². The Morgan fingerprint density at radius 2 is 2.21 bits per heavy atom. The van der Waals surface area contributed by atoms with E-state index >= 15 is 0 Å². The van der Waals surface area contributed by atoms with E-state index in [0.29, 0.717) is 31.6 Å². The van der Waals surface area contributed by atoms with Gasteiger partial charge in [0.05, 0.1) is 11.4 Å². The number of thiophene rings is 1. The molecule has 1 atom stereocenters. The first-order valence-electron chi connectivity index (χ1n) is 8.18. The molecule has 2 aliphatic rings. The standard InChI is InChI=1S/C17H23N3O3S/c1-11(2)19(4)15(21)13-9-17(23-18-13)6-7-20(10-17)16(22)14-12(3)5-8-24-14/h5,8,11H,6-7,9-10H2,1-4H3. The lowest BCUT2D eigenvalue weighted by molar-refractivity contribution is -0.124. The van der Waals surface area contributed by atoms with Crippen LogP contribution in [-0.2, 0) is 9.63 Å². The van der Waals surface area contributed by atoms with Gasteiger partial charge in [-0.3, -0.25) is 9.59 Å². The fraction of sp³-hybridized carbons (Fsp3) is 0.588. The minimum atomic E-state index is -0.538. The Morgan fingerprint density at radius 3 is 2.83 bits per heavy atom. The highest BCUT2D eigenvalue weighted by atomic mass is 32.1. The molecule has 130 valence electrons. The van der Waals surface area contributed by atoms with E-state index in [-0.39, 0.29) is 17.9 Å². The zero-order chi connectivity index (χ0) is 17.5. The van der Waals surface area contributed by atoms with Gasteiger partial charge in [0.25, 0.3) is 11.8 Å². The topological polar surface area (TPSA) is 62.2 Å². The number of aryl methyl sites for hydroxylation is 1. The number of carbonyl (C=O) groups excluding carboxylic acids is 2. The Kier molecular flexibility index (Phi) is 4.38. The highest BCUT2D eigenvalue weighted by molar-refractivity contribution is 7.12. The molecule has 0 N–H and O–H groups in total. The van der Waals surface area contributed by atoms with Crippen molar-refractivity contribution in [2.75, 3.05) is 20.1 Å². The number of hydrogen-bond acceptors (Lipinski definition) is 5. The highest BCUT2D eigenvalue weighted by Gasteiger charge is 2.48. The lowest BCUT2D eigenvalue weighted by atomic mass is 9.96. The van der Waals surface area contributed by atoms with Crippen LogP contribution in [0.4, 0.5) is 0 Å². The Bertz CT molecular complexity index is 697. The highest BCUT2D eigenvalue weighted by Crippen LogP contribution is 2.35. The van der Waals surface area contributed by atoms with Crippen LogP contribution in [0.1, 0.15) is 41.9 Å². The third-order valence-corrected chi connectivity index (χ3v) is 5.85. The van der Waals surface area contributed by atoms with E-state index in [0.717, 1.165) is 10.4 Å². The summed E-state index contributed by atoms with van der Waals surface area (Å²) in [4.78, 5) is 35.0. The molecule has 3 rings (SSSR count). The average molecular weight is 349 g/mol. The van der Waals surface area contributed by atoms with Crippen LogP contribution in [-0.4, -0.2) is 59.1 Å². The Hall–Kier alpha value is -1.89. The molecule has 1 saturated heterocycles. The second-order valence-electron chi connectivity index (χ2n) is 6.91. The molecule has 1 spiro atoms. The van der Waals surface area contributed by atoms with Crippen molar-refractivity contribution in [3.05, 3.63) is 21.9 Å². The minimum absolute atomic E-state index is 0.0436. The molecule has 7 heteroatoms. The summed E-state index contributed by atoms with van der Waals surface area (Å²) in [6.07, 6.45) is 1.17. The number of hydrogen-bond donors (Lipinski definition) is 0. The van der Waals surface area contributed by atoms with Gasteiger partial charge in [-0.25, -0.2) is 0 Å². The Balaban J connectivity index is 1.65. The van der Waals surface area contributed by atoms with Gasteiger partial charge in [0.1, 0.15) is 5.71 Å². The normalized spacial score (nSPS) is 22.9. The molecule has 0 aromatic carbocycles. The van der Waals surface area contributed by atoms with E-state index in [1.54, 1.807) is 11.9 Å². The largest absolute Gasteiger partial charge is 0.386 e. The molecule has 0 radical (unpaired) electrons. The number of nitrogens with zero attached hydrogens (tertiary/aromatic N) is 3. The molecule has 24 heavy (non-hydrogen) atoms. The summed E-state index contributed by atoms with van der Waals surface area (Å²) in [5, 5.41) is 5.97. The Morgan fingerprint density at radius 1 is 1.46 bits per heavy atom. The van der Waals surface area contributed by atoms with E-state index in [2.05, 4.69) is 5.16 Å². The zero-order valence-electron chi connectivity index (χ0n) is 14.5. The molecular formula is C17H23N3O3S. The second kappa shape index (κ2) is 6.20. The van der Waals surface area contributed by atoms with E-state index in [4.69, 9.17) is 4.84 Å². The average Bonchev–Trinajstić information content (AvgIpc) is 3.26. The van der Waals surface area contributed by atoms with E-state index < -0.39 is 5.60 Å². The van der Waals surface area contributed by atoms with Gasteiger partial charge in [0.2, 0.25) is 0 Å². The molecule has 1 aromatic heterocycles. The summed E-state index contributed by atoms with van der Waals surface area (Å²) < 4.78 is 0. The van der Waals surface area contributed by atoms with Crippen molar-refractivity contribution in [2.24, 2.45) is 5.16 Å². The quantitative estimate of drug-likeness (QED) is 0.841. The second-order valence-corrected chi connectivity index (χ2v) is 7.82. The van der Waals surface area contributed by atoms with Crippen LogP contribution in [0.2, 0.25) is 0 Å². The number of carbonyl (C=O) groups is 2. The van der Waals surface area contributed by atoms with Crippen LogP contribution in [0.5, 0.6) is 0 Å². The third-order valence-electron chi connectivity index (χ3n) is 4.84. The molecule has 2 amide bonds. The molecular weight excluding hydrogens is 326 g/mol. The van der Waals surface area contributed by atoms with Gasteiger partial charge in [-0.05, 0) is 37.8 Å². The van der Waals surface area contributed by atoms with E-state index in [9.17, 15) is 9.59 Å². The van der Waals surface area contributed by atoms with Crippen LogP contribution >= 0.6 is 11.3 Å². The molecule has 0 bridgehead atoms. The summed E-state index contributed by atoms with van der Waals surface area (Å²) in [6.45, 7) is 6.98. The summed E-state index contributed by atoms with van der Waals surface area (Å²) in [5.74, 6) is -0.0530. The maximum absolute atomic E-state index is 12.7. The van der Waals surface area contributed by atoms with Gasteiger partial charge in [-0.2, -0.15) is 0 Å². The smallest absolute Gasteiger partial charge is 0.271 e. The SMILES string of the molecule is Cc1ccsc1C(=O)N1CCC2(CC(C(=O)N(C)C(C)C)=NO2)C1. The summed E-state index contributed by atoms with van der Waals surface area (Å²) in [5.41, 5.74) is 0.917. The lowest BCUT2D eigenvalue weighted by Crippen LogP contribution is -2.40. The predicted octanol–water partition coefficient (Wildman–Crippen LogP) is 2.28. The van der Waals surface area contributed by atoms with Gasteiger partial charge < -0.3 is 14.6 Å². The summed E-state index contributed by atoms with van der Waals surface area (Å²) >= 11 is 1.47. The number of oxime groups is 1. The number of rotatable bonds is 3. The molecule has 0 aliphatic carbocycles. The number of amides is 2. The lowest BCUT2D eigenvalue weighted by Gasteiger charge is -2.23. The van der Waals surface area contributed by atoms with Gasteiger partial charge in [0, 0.05) is 32.5 Å². The molecule has 0 saturated carbocycles. The van der Waals surface area contributed by atoms with Crippen molar-refractivity contribution in [1.82, 2.24) is 9.80 Å².